The fourth-order valence-electron chi connectivity index (χ4n) is 0.894. The van der Waals surface area contributed by atoms with Crippen molar-refractivity contribution in [3.8, 4) is 0 Å². The summed E-state index contributed by atoms with van der Waals surface area (Å²) in [7, 11) is 1.34. The number of esters is 1. The number of rotatable bonds is 1. The van der Waals surface area contributed by atoms with Crippen LogP contribution in [0.15, 0.2) is 6.07 Å². The van der Waals surface area contributed by atoms with Gasteiger partial charge in [0.2, 0.25) is 0 Å². The SMILES string of the molecule is COC(=O)c1cc2snnc2[nH]1. The van der Waals surface area contributed by atoms with Gasteiger partial charge < -0.3 is 9.72 Å². The Morgan fingerprint density at radius 3 is 3.25 bits per heavy atom. The number of carbonyl (C=O) groups excluding carboxylic acids is 1. The van der Waals surface area contributed by atoms with Crippen molar-refractivity contribution >= 4 is 27.8 Å². The molecule has 2 rings (SSSR count). The molecule has 12 heavy (non-hydrogen) atoms. The Kier molecular flexibility index (Phi) is 1.54. The molecule has 5 nitrogen and oxygen atoms in total. The molecule has 6 heteroatoms. The van der Waals surface area contributed by atoms with Crippen LogP contribution in [0.25, 0.3) is 10.3 Å². The zero-order valence-corrected chi connectivity index (χ0v) is 7.01. The fourth-order valence-corrected chi connectivity index (χ4v) is 1.45. The van der Waals surface area contributed by atoms with Crippen LogP contribution in [-0.4, -0.2) is 27.7 Å². The zero-order chi connectivity index (χ0) is 8.55. The normalized spacial score (nSPS) is 10.4. The van der Waals surface area contributed by atoms with Crippen LogP contribution in [0.4, 0.5) is 0 Å². The highest BCUT2D eigenvalue weighted by Gasteiger charge is 2.10. The maximum Gasteiger partial charge on any atom is 0.354 e. The smallest absolute Gasteiger partial charge is 0.354 e. The highest BCUT2D eigenvalue weighted by atomic mass is 32.1. The third-order valence-electron chi connectivity index (χ3n) is 1.45. The minimum absolute atomic E-state index is 0.389. The zero-order valence-electron chi connectivity index (χ0n) is 6.20. The van der Waals surface area contributed by atoms with Crippen LogP contribution >= 0.6 is 11.5 Å². The summed E-state index contributed by atoms with van der Waals surface area (Å²) in [4.78, 5) is 13.8. The van der Waals surface area contributed by atoms with Crippen LogP contribution in [0.3, 0.4) is 0 Å². The summed E-state index contributed by atoms with van der Waals surface area (Å²) in [6, 6.07) is 1.67. The first-order chi connectivity index (χ1) is 5.81. The average molecular weight is 183 g/mol. The molecular weight excluding hydrogens is 178 g/mol. The molecule has 0 spiro atoms. The molecule has 0 radical (unpaired) electrons. The van der Waals surface area contributed by atoms with E-state index in [1.807, 2.05) is 0 Å². The van der Waals surface area contributed by atoms with E-state index < -0.39 is 0 Å². The van der Waals surface area contributed by atoms with Gasteiger partial charge in [0.1, 0.15) is 5.69 Å². The molecule has 2 heterocycles. The maximum absolute atomic E-state index is 11.0. The lowest BCUT2D eigenvalue weighted by molar-refractivity contribution is 0.0595. The predicted molar refractivity (Wildman–Crippen MR) is 43.1 cm³/mol. The lowest BCUT2D eigenvalue weighted by Crippen LogP contribution is -2.00. The van der Waals surface area contributed by atoms with Crippen LogP contribution in [0.1, 0.15) is 10.5 Å². The molecule has 62 valence electrons. The standard InChI is InChI=1S/C6H5N3O2S/c1-11-6(10)3-2-4-5(7-3)8-9-12-4/h2,7H,1H3. The minimum atomic E-state index is -0.389. The monoisotopic (exact) mass is 183 g/mol. The van der Waals surface area contributed by atoms with Crippen LogP contribution < -0.4 is 0 Å². The number of fused-ring (bicyclic) bond motifs is 1. The van der Waals surface area contributed by atoms with E-state index in [4.69, 9.17) is 0 Å². The van der Waals surface area contributed by atoms with Crippen LogP contribution in [0.2, 0.25) is 0 Å². The number of nitrogens with one attached hydrogen (secondary N) is 1. The van der Waals surface area contributed by atoms with E-state index in [2.05, 4.69) is 19.3 Å². The van der Waals surface area contributed by atoms with E-state index in [-0.39, 0.29) is 5.97 Å². The van der Waals surface area contributed by atoms with Crippen LogP contribution in [0.5, 0.6) is 0 Å². The second kappa shape index (κ2) is 2.56. The van der Waals surface area contributed by atoms with Gasteiger partial charge in [-0.15, -0.1) is 5.10 Å². The number of hydrogen-bond acceptors (Lipinski definition) is 5. The minimum Gasteiger partial charge on any atom is -0.464 e. The number of ether oxygens (including phenoxy) is 1. The summed E-state index contributed by atoms with van der Waals surface area (Å²) < 4.78 is 9.07. The second-order valence-corrected chi connectivity index (χ2v) is 2.95. The Morgan fingerprint density at radius 1 is 1.75 bits per heavy atom. The molecule has 0 bridgehead atoms. The molecule has 0 aliphatic rings. The van der Waals surface area contributed by atoms with E-state index in [0.29, 0.717) is 11.3 Å². The molecule has 0 aliphatic heterocycles. The topological polar surface area (TPSA) is 67.9 Å². The molecule has 0 saturated carbocycles. The van der Waals surface area contributed by atoms with Gasteiger partial charge in [-0.3, -0.25) is 0 Å². The van der Waals surface area contributed by atoms with Crippen molar-refractivity contribution in [2.24, 2.45) is 0 Å². The first kappa shape index (κ1) is 7.23. The van der Waals surface area contributed by atoms with Gasteiger partial charge in [-0.05, 0) is 17.6 Å². The van der Waals surface area contributed by atoms with Crippen molar-refractivity contribution in [3.05, 3.63) is 11.8 Å². The van der Waals surface area contributed by atoms with Gasteiger partial charge in [-0.25, -0.2) is 4.79 Å². The van der Waals surface area contributed by atoms with E-state index in [1.54, 1.807) is 6.07 Å². The second-order valence-electron chi connectivity index (χ2n) is 2.16. The van der Waals surface area contributed by atoms with Crippen molar-refractivity contribution in [1.29, 1.82) is 0 Å². The Balaban J connectivity index is 2.51. The first-order valence-electron chi connectivity index (χ1n) is 3.20. The third kappa shape index (κ3) is 0.964. The summed E-state index contributed by atoms with van der Waals surface area (Å²) in [5.74, 6) is -0.389. The van der Waals surface area contributed by atoms with Crippen molar-refractivity contribution in [2.45, 2.75) is 0 Å². The number of aromatic amines is 1. The Morgan fingerprint density at radius 2 is 2.58 bits per heavy atom. The summed E-state index contributed by atoms with van der Waals surface area (Å²) in [5, 5.41) is 3.76. The molecule has 0 atom stereocenters. The third-order valence-corrected chi connectivity index (χ3v) is 2.12. The lowest BCUT2D eigenvalue weighted by atomic mass is 10.4. The number of carbonyl (C=O) groups is 1. The van der Waals surface area contributed by atoms with Crippen molar-refractivity contribution < 1.29 is 9.53 Å². The number of H-pyrrole nitrogens is 1. The first-order valence-corrected chi connectivity index (χ1v) is 3.98. The molecule has 0 aliphatic carbocycles. The number of hydrogen-bond donors (Lipinski definition) is 1. The summed E-state index contributed by atoms with van der Waals surface area (Å²) >= 11 is 1.24. The lowest BCUT2D eigenvalue weighted by Gasteiger charge is -1.91. The molecule has 0 unspecified atom stereocenters. The van der Waals surface area contributed by atoms with Gasteiger partial charge in [0.25, 0.3) is 0 Å². The Labute approximate surface area is 71.5 Å². The molecule has 2 aromatic heterocycles. The van der Waals surface area contributed by atoms with E-state index in [1.165, 1.54) is 18.6 Å². The predicted octanol–water partition coefficient (Wildman–Crippen LogP) is 0.806. The number of nitrogens with zero attached hydrogens (tertiary/aromatic N) is 2. The van der Waals surface area contributed by atoms with Crippen LogP contribution in [-0.2, 0) is 4.74 Å². The Hall–Kier alpha value is -1.43. The molecule has 0 fully saturated rings. The number of methoxy groups -OCH3 is 1. The maximum atomic E-state index is 11.0. The molecule has 2 aromatic rings. The Bertz CT molecular complexity index is 391. The van der Waals surface area contributed by atoms with Gasteiger partial charge in [0, 0.05) is 0 Å². The van der Waals surface area contributed by atoms with E-state index in [0.717, 1.165) is 4.70 Å². The average Bonchev–Trinajstić information content (AvgIpc) is 2.60. The fraction of sp³-hybridized carbons (Fsp3) is 0.167. The van der Waals surface area contributed by atoms with Gasteiger partial charge in [0.15, 0.2) is 5.65 Å². The van der Waals surface area contributed by atoms with E-state index in [9.17, 15) is 4.79 Å². The quantitative estimate of drug-likeness (QED) is 0.664. The molecule has 1 N–H and O–H groups in total. The van der Waals surface area contributed by atoms with Crippen molar-refractivity contribution in [2.75, 3.05) is 7.11 Å². The van der Waals surface area contributed by atoms with Gasteiger partial charge >= 0.3 is 5.97 Å². The summed E-state index contributed by atoms with van der Waals surface area (Å²) in [6.07, 6.45) is 0. The van der Waals surface area contributed by atoms with Crippen LogP contribution in [0, 0.1) is 0 Å². The van der Waals surface area contributed by atoms with Gasteiger partial charge in [-0.2, -0.15) is 0 Å². The van der Waals surface area contributed by atoms with Crippen molar-refractivity contribution in [1.82, 2.24) is 14.6 Å². The largest absolute Gasteiger partial charge is 0.464 e. The molecule has 0 aromatic carbocycles. The summed E-state index contributed by atoms with van der Waals surface area (Å²) in [5.41, 5.74) is 1.04. The van der Waals surface area contributed by atoms with E-state index >= 15 is 0 Å². The number of aromatic nitrogens is 3. The highest BCUT2D eigenvalue weighted by molar-refractivity contribution is 7.12. The molecular formula is C6H5N3O2S. The van der Waals surface area contributed by atoms with Gasteiger partial charge in [-0.1, -0.05) is 4.49 Å². The van der Waals surface area contributed by atoms with Gasteiger partial charge in [0.05, 0.1) is 11.8 Å². The molecule has 0 amide bonds. The van der Waals surface area contributed by atoms with Crippen molar-refractivity contribution in [3.63, 3.8) is 0 Å². The summed E-state index contributed by atoms with van der Waals surface area (Å²) in [6.45, 7) is 0. The highest BCUT2D eigenvalue weighted by Crippen LogP contribution is 2.16. The molecule has 0 saturated heterocycles.